The second-order valence-corrected chi connectivity index (χ2v) is 10.6. The van der Waals surface area contributed by atoms with Gasteiger partial charge in [0.1, 0.15) is 11.6 Å². The van der Waals surface area contributed by atoms with Crippen LogP contribution < -0.4 is 14.9 Å². The zero-order valence-corrected chi connectivity index (χ0v) is 19.7. The van der Waals surface area contributed by atoms with Crippen LogP contribution in [0.25, 0.3) is 0 Å². The Morgan fingerprint density at radius 3 is 2.50 bits per heavy atom. The number of rotatable bonds is 4. The molecule has 34 heavy (non-hydrogen) atoms. The average molecular weight is 493 g/mol. The number of nitrogens with zero attached hydrogens (tertiary/aromatic N) is 2. The number of fused-ring (bicyclic) bond motifs is 1. The summed E-state index contributed by atoms with van der Waals surface area (Å²) in [6, 6.07) is 7.88. The lowest BCUT2D eigenvalue weighted by molar-refractivity contribution is 0.0890. The Balaban J connectivity index is 1.38. The van der Waals surface area contributed by atoms with Crippen molar-refractivity contribution >= 4 is 33.2 Å². The molecule has 0 radical (unpaired) electrons. The number of amides is 2. The third kappa shape index (κ3) is 4.84. The Bertz CT molecular complexity index is 1240. The van der Waals surface area contributed by atoms with E-state index in [0.717, 1.165) is 12.3 Å². The number of ketones is 1. The molecule has 1 spiro atoms. The zero-order chi connectivity index (χ0) is 24.7. The van der Waals surface area contributed by atoms with E-state index in [0.29, 0.717) is 42.7 Å². The quantitative estimate of drug-likeness (QED) is 0.684. The van der Waals surface area contributed by atoms with Gasteiger partial charge >= 0.3 is 6.03 Å². The van der Waals surface area contributed by atoms with Gasteiger partial charge < -0.3 is 15.1 Å². The van der Waals surface area contributed by atoms with Crippen molar-refractivity contribution in [2.24, 2.45) is 0 Å². The van der Waals surface area contributed by atoms with E-state index >= 15 is 0 Å². The molecule has 2 heterocycles. The molecule has 4 rings (SSSR count). The van der Waals surface area contributed by atoms with E-state index in [-0.39, 0.29) is 30.5 Å². The third-order valence-electron chi connectivity index (χ3n) is 6.57. The number of benzene rings is 2. The van der Waals surface area contributed by atoms with Crippen molar-refractivity contribution in [3.05, 3.63) is 59.2 Å². The predicted molar refractivity (Wildman–Crippen MR) is 124 cm³/mol. The standard InChI is InChI=1S/C23H26F2N4O4S/c1-28-20-6-4-16(24)12-17(20)21(30)13-23(28)7-9-29(10-8-23)22(31)26-14-15-3-5-18(25)19(11-15)27-34(2,32)33/h3-6,11-12,27H,7-10,13-14H2,1-2H3,(H,26,31). The summed E-state index contributed by atoms with van der Waals surface area (Å²) in [5.74, 6) is -1.25. The number of hydrogen-bond donors (Lipinski definition) is 2. The fourth-order valence-corrected chi connectivity index (χ4v) is 5.24. The number of nitrogens with one attached hydrogen (secondary N) is 2. The van der Waals surface area contributed by atoms with Crippen LogP contribution in [0.5, 0.6) is 0 Å². The number of carbonyl (C=O) groups is 2. The first kappa shape index (κ1) is 23.9. The largest absolute Gasteiger partial charge is 0.368 e. The van der Waals surface area contributed by atoms with Crippen molar-refractivity contribution in [2.45, 2.75) is 31.3 Å². The Hall–Kier alpha value is -3.21. The molecular formula is C23H26F2N4O4S. The lowest BCUT2D eigenvalue weighted by Gasteiger charge is -2.50. The van der Waals surface area contributed by atoms with Gasteiger partial charge in [-0.3, -0.25) is 9.52 Å². The van der Waals surface area contributed by atoms with Gasteiger partial charge in [-0.2, -0.15) is 0 Å². The highest BCUT2D eigenvalue weighted by Gasteiger charge is 2.45. The van der Waals surface area contributed by atoms with Gasteiger partial charge in [-0.25, -0.2) is 22.0 Å². The highest BCUT2D eigenvalue weighted by Crippen LogP contribution is 2.42. The SMILES string of the molecule is CN1c2ccc(F)cc2C(=O)CC12CCN(C(=O)NCc1ccc(F)c(NS(C)(=O)=O)c1)CC2. The molecule has 0 aliphatic carbocycles. The summed E-state index contributed by atoms with van der Waals surface area (Å²) >= 11 is 0. The van der Waals surface area contributed by atoms with Crippen LogP contribution in [0, 0.1) is 11.6 Å². The van der Waals surface area contributed by atoms with Crippen molar-refractivity contribution in [3.8, 4) is 0 Å². The van der Waals surface area contributed by atoms with Crippen LogP contribution in [-0.4, -0.2) is 57.1 Å². The molecule has 2 aromatic carbocycles. The minimum atomic E-state index is -3.64. The summed E-state index contributed by atoms with van der Waals surface area (Å²) in [7, 11) is -1.74. The molecule has 2 amide bonds. The second kappa shape index (κ2) is 8.86. The maximum Gasteiger partial charge on any atom is 0.317 e. The minimum Gasteiger partial charge on any atom is -0.368 e. The Morgan fingerprint density at radius 2 is 1.82 bits per heavy atom. The molecule has 0 unspecified atom stereocenters. The van der Waals surface area contributed by atoms with Crippen LogP contribution in [0.1, 0.15) is 35.2 Å². The number of halogens is 2. The van der Waals surface area contributed by atoms with Gasteiger partial charge in [-0.15, -0.1) is 0 Å². The highest BCUT2D eigenvalue weighted by atomic mass is 32.2. The lowest BCUT2D eigenvalue weighted by Crippen LogP contribution is -2.59. The molecular weight excluding hydrogens is 466 g/mol. The number of carbonyl (C=O) groups excluding carboxylic acids is 2. The summed E-state index contributed by atoms with van der Waals surface area (Å²) in [4.78, 5) is 29.1. The van der Waals surface area contributed by atoms with Gasteiger partial charge in [-0.05, 0) is 48.7 Å². The maximum absolute atomic E-state index is 13.9. The minimum absolute atomic E-state index is 0.0938. The molecule has 1 fully saturated rings. The van der Waals surface area contributed by atoms with E-state index in [1.807, 2.05) is 11.9 Å². The van der Waals surface area contributed by atoms with Crippen LogP contribution in [0.2, 0.25) is 0 Å². The van der Waals surface area contributed by atoms with Gasteiger partial charge in [-0.1, -0.05) is 6.07 Å². The topological polar surface area (TPSA) is 98.8 Å². The van der Waals surface area contributed by atoms with Crippen LogP contribution in [-0.2, 0) is 16.6 Å². The number of sulfonamides is 1. The highest BCUT2D eigenvalue weighted by molar-refractivity contribution is 7.92. The van der Waals surface area contributed by atoms with Crippen molar-refractivity contribution < 1.29 is 26.8 Å². The van der Waals surface area contributed by atoms with Crippen molar-refractivity contribution in [1.29, 1.82) is 0 Å². The van der Waals surface area contributed by atoms with E-state index in [1.165, 1.54) is 24.3 Å². The number of urea groups is 1. The molecule has 2 N–H and O–H groups in total. The molecule has 1 saturated heterocycles. The first-order chi connectivity index (χ1) is 16.0. The van der Waals surface area contributed by atoms with Crippen LogP contribution >= 0.6 is 0 Å². The molecule has 2 aliphatic heterocycles. The summed E-state index contributed by atoms with van der Waals surface area (Å²) in [6.07, 6.45) is 2.36. The molecule has 182 valence electrons. The Morgan fingerprint density at radius 1 is 1.12 bits per heavy atom. The average Bonchev–Trinajstić information content (AvgIpc) is 2.77. The van der Waals surface area contributed by atoms with E-state index in [9.17, 15) is 26.8 Å². The fourth-order valence-electron chi connectivity index (χ4n) is 4.68. The zero-order valence-electron chi connectivity index (χ0n) is 18.9. The van der Waals surface area contributed by atoms with E-state index in [1.54, 1.807) is 11.0 Å². The van der Waals surface area contributed by atoms with Crippen LogP contribution in [0.3, 0.4) is 0 Å². The molecule has 8 nitrogen and oxygen atoms in total. The van der Waals surface area contributed by atoms with E-state index in [4.69, 9.17) is 0 Å². The third-order valence-corrected chi connectivity index (χ3v) is 7.16. The van der Waals surface area contributed by atoms with Gasteiger partial charge in [0, 0.05) is 44.4 Å². The van der Waals surface area contributed by atoms with Crippen molar-refractivity contribution in [3.63, 3.8) is 0 Å². The van der Waals surface area contributed by atoms with Crippen LogP contribution in [0.15, 0.2) is 36.4 Å². The summed E-state index contributed by atoms with van der Waals surface area (Å²) in [5, 5.41) is 2.78. The van der Waals surface area contributed by atoms with Crippen molar-refractivity contribution in [1.82, 2.24) is 10.2 Å². The summed E-state index contributed by atoms with van der Waals surface area (Å²) in [5.41, 5.74) is 1.01. The van der Waals surface area contributed by atoms with E-state index < -0.39 is 27.2 Å². The Kier molecular flexibility index (Phi) is 6.24. The smallest absolute Gasteiger partial charge is 0.317 e. The monoisotopic (exact) mass is 492 g/mol. The van der Waals surface area contributed by atoms with Gasteiger partial charge in [0.25, 0.3) is 0 Å². The fraction of sp³-hybridized carbons (Fsp3) is 0.391. The number of anilines is 2. The number of hydrogen-bond acceptors (Lipinski definition) is 5. The number of Topliss-reactive ketones (excluding diaryl/α,β-unsaturated/α-hetero) is 1. The molecule has 0 atom stereocenters. The van der Waals surface area contributed by atoms with Crippen molar-refractivity contribution in [2.75, 3.05) is 36.0 Å². The first-order valence-electron chi connectivity index (χ1n) is 10.8. The first-order valence-corrected chi connectivity index (χ1v) is 12.7. The molecule has 2 aliphatic rings. The molecule has 2 aromatic rings. The summed E-state index contributed by atoms with van der Waals surface area (Å²) in [6.45, 7) is 0.963. The molecule has 0 saturated carbocycles. The predicted octanol–water partition coefficient (Wildman–Crippen LogP) is 3.10. The Labute approximate surface area is 197 Å². The molecule has 0 bridgehead atoms. The lowest BCUT2D eigenvalue weighted by atomic mass is 9.77. The van der Waals surface area contributed by atoms with Gasteiger partial charge in [0.05, 0.1) is 17.5 Å². The molecule has 11 heteroatoms. The normalized spacial score (nSPS) is 17.5. The number of piperidine rings is 1. The second-order valence-electron chi connectivity index (χ2n) is 8.88. The van der Waals surface area contributed by atoms with Gasteiger partial charge in [0.15, 0.2) is 5.78 Å². The number of likely N-dealkylation sites (tertiary alicyclic amines) is 1. The maximum atomic E-state index is 13.9. The van der Waals surface area contributed by atoms with Crippen LogP contribution in [0.4, 0.5) is 25.0 Å². The van der Waals surface area contributed by atoms with Gasteiger partial charge in [0.2, 0.25) is 10.0 Å². The summed E-state index contributed by atoms with van der Waals surface area (Å²) < 4.78 is 52.4. The molecule has 0 aromatic heterocycles. The van der Waals surface area contributed by atoms with E-state index in [2.05, 4.69) is 10.0 Å².